The van der Waals surface area contributed by atoms with E-state index < -0.39 is 0 Å². The van der Waals surface area contributed by atoms with Gasteiger partial charge in [-0.15, -0.1) is 0 Å². The Kier molecular flexibility index (Phi) is 5.48. The second kappa shape index (κ2) is 7.65. The average molecular weight is 507 g/mol. The van der Waals surface area contributed by atoms with Gasteiger partial charge in [-0.1, -0.05) is 128 Å². The molecule has 0 N–H and O–H groups in total. The molecule has 0 fully saturated rings. The zero-order chi connectivity index (χ0) is 28.5. The fraction of sp³-hybridized carbons (Fsp3) is 0.526. The topological polar surface area (TPSA) is 0 Å². The lowest BCUT2D eigenvalue weighted by atomic mass is 9.72. The van der Waals surface area contributed by atoms with Crippen molar-refractivity contribution in [1.82, 2.24) is 0 Å². The van der Waals surface area contributed by atoms with Crippen molar-refractivity contribution in [3.05, 3.63) is 58.1 Å². The Hall–Kier alpha value is -2.34. The number of fused-ring (bicyclic) bond motifs is 1. The van der Waals surface area contributed by atoms with Crippen LogP contribution in [-0.4, -0.2) is 0 Å². The summed E-state index contributed by atoms with van der Waals surface area (Å²) in [4.78, 5) is 0. The monoisotopic (exact) mass is 506 g/mol. The number of hydrogen-bond donors (Lipinski definition) is 0. The van der Waals surface area contributed by atoms with Gasteiger partial charge < -0.3 is 0 Å². The summed E-state index contributed by atoms with van der Waals surface area (Å²) in [5.41, 5.74) is 10.6. The minimum Gasteiger partial charge on any atom is -0.0561 e. The van der Waals surface area contributed by atoms with Crippen LogP contribution in [-0.2, 0) is 27.1 Å². The van der Waals surface area contributed by atoms with Gasteiger partial charge in [0, 0.05) is 0 Å². The molecule has 1 aliphatic rings. The summed E-state index contributed by atoms with van der Waals surface area (Å²) >= 11 is 0. The molecule has 0 saturated carbocycles. The zero-order valence-corrected chi connectivity index (χ0v) is 26.9. The summed E-state index contributed by atoms with van der Waals surface area (Å²) in [6.07, 6.45) is 0. The lowest BCUT2D eigenvalue weighted by molar-refractivity contribution is 0.569. The molecule has 4 aromatic rings. The minimum atomic E-state index is 0.0325. The van der Waals surface area contributed by atoms with Crippen LogP contribution in [0.2, 0.25) is 0 Å². The summed E-state index contributed by atoms with van der Waals surface area (Å²) in [7, 11) is 0. The molecule has 0 atom stereocenters. The molecule has 1 aliphatic carbocycles. The maximum Gasteiger partial charge on any atom is -0.00109 e. The van der Waals surface area contributed by atoms with Gasteiger partial charge in [0.15, 0.2) is 0 Å². The first kappa shape index (κ1) is 27.2. The Bertz CT molecular complexity index is 1600. The van der Waals surface area contributed by atoms with E-state index in [1.165, 1.54) is 71.3 Å². The van der Waals surface area contributed by atoms with E-state index >= 15 is 0 Å². The largest absolute Gasteiger partial charge is 0.0561 e. The van der Waals surface area contributed by atoms with Crippen molar-refractivity contribution < 1.29 is 0 Å². The lowest BCUT2D eigenvalue weighted by Gasteiger charge is -2.32. The van der Waals surface area contributed by atoms with Crippen molar-refractivity contribution >= 4 is 32.3 Å². The molecule has 0 heterocycles. The SMILES string of the molecule is CC(C)(C)c1cc(C(C)(C)C)c2ccc3c(C(C)(C)C)cc4c(C(C)(C)C)cc(C(C)(C)C)c5c4c3c2c1-5. The molecule has 202 valence electrons. The highest BCUT2D eigenvalue weighted by molar-refractivity contribution is 6.35. The van der Waals surface area contributed by atoms with Crippen LogP contribution in [0.15, 0.2) is 30.3 Å². The Morgan fingerprint density at radius 2 is 0.605 bits per heavy atom. The predicted molar refractivity (Wildman–Crippen MR) is 171 cm³/mol. The van der Waals surface area contributed by atoms with Gasteiger partial charge in [-0.2, -0.15) is 0 Å². The highest BCUT2D eigenvalue weighted by atomic mass is 14.4. The van der Waals surface area contributed by atoms with E-state index in [0.717, 1.165) is 0 Å². The maximum atomic E-state index is 2.58. The molecule has 4 aromatic carbocycles. The summed E-state index contributed by atoms with van der Waals surface area (Å²) in [5.74, 6) is 0. The standard InChI is InChI=1S/C38H50/c1-34(2,3)24-18-23-26(36(7,8)9)20-28(38(13,14)15)33-31(23)29-21(24)16-17-22-25(35(4,5)6)19-27(37(10,11)12)32(33)30(22)29/h16-20H,1-15H3. The van der Waals surface area contributed by atoms with Gasteiger partial charge in [0.05, 0.1) is 0 Å². The highest BCUT2D eigenvalue weighted by Crippen LogP contribution is 2.58. The van der Waals surface area contributed by atoms with E-state index in [9.17, 15) is 0 Å². The van der Waals surface area contributed by atoms with E-state index in [-0.39, 0.29) is 27.1 Å². The van der Waals surface area contributed by atoms with Crippen LogP contribution in [0.3, 0.4) is 0 Å². The molecule has 38 heavy (non-hydrogen) atoms. The predicted octanol–water partition coefficient (Wildman–Crippen LogP) is 11.6. The molecule has 0 unspecified atom stereocenters. The second-order valence-electron chi connectivity index (χ2n) is 17.2. The van der Waals surface area contributed by atoms with E-state index in [0.29, 0.717) is 0 Å². The van der Waals surface area contributed by atoms with Crippen LogP contribution in [0.5, 0.6) is 0 Å². The van der Waals surface area contributed by atoms with Gasteiger partial charge in [0.1, 0.15) is 0 Å². The quantitative estimate of drug-likeness (QED) is 0.183. The van der Waals surface area contributed by atoms with E-state index in [2.05, 4.69) is 134 Å². The summed E-state index contributed by atoms with van der Waals surface area (Å²) in [5, 5.41) is 8.84. The van der Waals surface area contributed by atoms with Crippen molar-refractivity contribution in [2.75, 3.05) is 0 Å². The van der Waals surface area contributed by atoms with Gasteiger partial charge >= 0.3 is 0 Å². The summed E-state index contributed by atoms with van der Waals surface area (Å²) in [6, 6.07) is 12.6. The first-order chi connectivity index (χ1) is 17.0. The van der Waals surface area contributed by atoms with Gasteiger partial charge in [-0.05, 0) is 104 Å². The number of benzene rings is 4. The number of rotatable bonds is 0. The lowest BCUT2D eigenvalue weighted by Crippen LogP contribution is -2.20. The summed E-state index contributed by atoms with van der Waals surface area (Å²) < 4.78 is 0. The molecular weight excluding hydrogens is 456 g/mol. The van der Waals surface area contributed by atoms with E-state index in [4.69, 9.17) is 0 Å². The third-order valence-corrected chi connectivity index (χ3v) is 8.79. The average Bonchev–Trinajstić information content (AvgIpc) is 3.06. The summed E-state index contributed by atoms with van der Waals surface area (Å²) in [6.45, 7) is 35.8. The Labute approximate surface area is 232 Å². The molecule has 0 aromatic heterocycles. The smallest absolute Gasteiger partial charge is 0.00109 e. The third kappa shape index (κ3) is 3.84. The third-order valence-electron chi connectivity index (χ3n) is 8.79. The molecule has 0 spiro atoms. The van der Waals surface area contributed by atoms with E-state index in [1.54, 1.807) is 0 Å². The van der Waals surface area contributed by atoms with Crippen LogP contribution >= 0.6 is 0 Å². The van der Waals surface area contributed by atoms with E-state index in [1.807, 2.05) is 0 Å². The maximum absolute atomic E-state index is 2.58. The Balaban J connectivity index is 2.24. The first-order valence-electron chi connectivity index (χ1n) is 14.6. The second-order valence-corrected chi connectivity index (χ2v) is 17.2. The fourth-order valence-corrected chi connectivity index (χ4v) is 6.89. The van der Waals surface area contributed by atoms with Crippen LogP contribution in [0.4, 0.5) is 0 Å². The highest BCUT2D eigenvalue weighted by Gasteiger charge is 2.37. The van der Waals surface area contributed by atoms with Crippen molar-refractivity contribution in [3.63, 3.8) is 0 Å². The molecule has 5 rings (SSSR count). The van der Waals surface area contributed by atoms with Crippen LogP contribution in [0.1, 0.15) is 132 Å². The van der Waals surface area contributed by atoms with Gasteiger partial charge in [-0.25, -0.2) is 0 Å². The molecule has 0 radical (unpaired) electrons. The van der Waals surface area contributed by atoms with Gasteiger partial charge in [0.2, 0.25) is 0 Å². The minimum absolute atomic E-state index is 0.0325. The Morgan fingerprint density at radius 1 is 0.316 bits per heavy atom. The van der Waals surface area contributed by atoms with Crippen molar-refractivity contribution in [1.29, 1.82) is 0 Å². The molecule has 0 heteroatoms. The molecule has 0 aliphatic heterocycles. The normalized spacial score (nSPS) is 14.7. The van der Waals surface area contributed by atoms with Crippen LogP contribution in [0, 0.1) is 0 Å². The van der Waals surface area contributed by atoms with Crippen molar-refractivity contribution in [3.8, 4) is 11.1 Å². The first-order valence-corrected chi connectivity index (χ1v) is 14.6. The molecule has 0 saturated heterocycles. The molecule has 0 amide bonds. The molecule has 0 bridgehead atoms. The van der Waals surface area contributed by atoms with Crippen molar-refractivity contribution in [2.24, 2.45) is 0 Å². The number of hydrogen-bond acceptors (Lipinski definition) is 0. The van der Waals surface area contributed by atoms with Crippen molar-refractivity contribution in [2.45, 2.75) is 131 Å². The van der Waals surface area contributed by atoms with Crippen LogP contribution < -0.4 is 0 Å². The zero-order valence-electron chi connectivity index (χ0n) is 26.9. The molecule has 0 nitrogen and oxygen atoms in total. The van der Waals surface area contributed by atoms with Gasteiger partial charge in [-0.3, -0.25) is 0 Å². The van der Waals surface area contributed by atoms with Crippen LogP contribution in [0.25, 0.3) is 43.4 Å². The Morgan fingerprint density at radius 3 is 0.974 bits per heavy atom. The fourth-order valence-electron chi connectivity index (χ4n) is 6.89. The molecular formula is C38H50. The van der Waals surface area contributed by atoms with Gasteiger partial charge in [0.25, 0.3) is 0 Å².